The van der Waals surface area contributed by atoms with Crippen LogP contribution in [0.3, 0.4) is 0 Å². The largest absolute Gasteiger partial charge is 0.460 e. The van der Waals surface area contributed by atoms with E-state index in [1.54, 1.807) is 60.7 Å². The Morgan fingerprint density at radius 2 is 1.25 bits per heavy atom. The second kappa shape index (κ2) is 10.0. The third-order valence-electron chi connectivity index (χ3n) is 8.63. The minimum absolute atomic E-state index is 0.175. The number of esters is 1. The van der Waals surface area contributed by atoms with Gasteiger partial charge in [-0.25, -0.2) is 9.00 Å². The number of benzene rings is 3. The first-order chi connectivity index (χ1) is 19.1. The Balaban J connectivity index is 1.36. The molecule has 4 fully saturated rings. The Bertz CT molecular complexity index is 1360. The standard InChI is InChI=1S/C31H32F2O5S2/c32-31(33,29(34)37-22-30-19-23-16-24(20-30)18-25(17-23)21-30)40(35,36,28-14-8-3-9-15-28)38-39(26-10-4-1-5-11-26)27-12-6-2-7-13-27/h1-15,23-25H,16-22H2/p+1. The van der Waals surface area contributed by atoms with Crippen LogP contribution in [0.25, 0.3) is 0 Å². The molecule has 1 N–H and O–H groups in total. The highest BCUT2D eigenvalue weighted by atomic mass is 32.4. The highest BCUT2D eigenvalue weighted by Crippen LogP contribution is 2.60. The highest BCUT2D eigenvalue weighted by molar-refractivity contribution is 8.18. The van der Waals surface area contributed by atoms with E-state index in [1.807, 2.05) is 0 Å². The maximum Gasteiger partial charge on any atom is 0.445 e. The van der Waals surface area contributed by atoms with Crippen LogP contribution in [0.5, 0.6) is 0 Å². The molecule has 0 atom stereocenters. The monoisotopic (exact) mass is 587 g/mol. The van der Waals surface area contributed by atoms with Gasteiger partial charge in [0.25, 0.3) is 0 Å². The molecule has 4 aliphatic rings. The smallest absolute Gasteiger partial charge is 0.445 e. The van der Waals surface area contributed by atoms with Crippen molar-refractivity contribution in [1.29, 1.82) is 0 Å². The van der Waals surface area contributed by atoms with Crippen molar-refractivity contribution in [2.24, 2.45) is 23.2 Å². The third-order valence-corrected chi connectivity index (χ3v) is 13.8. The van der Waals surface area contributed by atoms with Crippen molar-refractivity contribution < 1.29 is 30.7 Å². The van der Waals surface area contributed by atoms with E-state index in [4.69, 9.17) is 8.37 Å². The first-order valence-corrected chi connectivity index (χ1v) is 16.6. The zero-order chi connectivity index (χ0) is 28.0. The summed E-state index contributed by atoms with van der Waals surface area (Å²) < 4.78 is 70.2. The fourth-order valence-corrected chi connectivity index (χ4v) is 11.9. The summed E-state index contributed by atoms with van der Waals surface area (Å²) in [5, 5.41) is -4.88. The molecule has 9 heteroatoms. The molecule has 0 radical (unpaired) electrons. The van der Waals surface area contributed by atoms with Gasteiger partial charge in [0.05, 0.1) is 11.5 Å². The number of hydrogen-bond donors (Lipinski definition) is 1. The quantitative estimate of drug-likeness (QED) is 0.211. The minimum atomic E-state index is -6.69. The second-order valence-corrected chi connectivity index (χ2v) is 16.3. The molecule has 0 heterocycles. The molecule has 4 aliphatic carbocycles. The zero-order valence-corrected chi connectivity index (χ0v) is 23.6. The summed E-state index contributed by atoms with van der Waals surface area (Å²) >= 11 is -1.74. The lowest BCUT2D eigenvalue weighted by atomic mass is 9.50. The number of ether oxygens (including phenoxy) is 1. The van der Waals surface area contributed by atoms with Gasteiger partial charge in [-0.1, -0.05) is 58.2 Å². The fraction of sp³-hybridized carbons (Fsp3) is 0.387. The molecule has 0 saturated heterocycles. The van der Waals surface area contributed by atoms with Crippen LogP contribution >= 0.6 is 0 Å². The molecule has 40 heavy (non-hydrogen) atoms. The molecule has 0 aromatic heterocycles. The predicted octanol–water partition coefficient (Wildman–Crippen LogP) is 7.27. The molecule has 4 bridgehead atoms. The SMILES string of the molecule is O=C(OCC12CC3CC(CC(C3)C1)C2)C(F)(F)S(=O)(O)(O[S+](c1ccccc1)c1ccccc1)c1ccccc1. The van der Waals surface area contributed by atoms with Crippen LogP contribution in [0.1, 0.15) is 38.5 Å². The van der Waals surface area contributed by atoms with Gasteiger partial charge >= 0.3 is 11.2 Å². The summed E-state index contributed by atoms with van der Waals surface area (Å²) in [5.74, 6) is -0.429. The van der Waals surface area contributed by atoms with Crippen LogP contribution in [0.15, 0.2) is 106 Å². The minimum Gasteiger partial charge on any atom is -0.460 e. The molecule has 0 spiro atoms. The van der Waals surface area contributed by atoms with Crippen molar-refractivity contribution in [1.82, 2.24) is 0 Å². The van der Waals surface area contributed by atoms with E-state index in [0.717, 1.165) is 50.7 Å². The molecule has 3 aromatic carbocycles. The Hall–Kier alpha value is -2.59. The van der Waals surface area contributed by atoms with E-state index in [0.29, 0.717) is 27.5 Å². The van der Waals surface area contributed by atoms with Crippen molar-refractivity contribution in [3.05, 3.63) is 91.0 Å². The van der Waals surface area contributed by atoms with Crippen LogP contribution in [0, 0.1) is 23.2 Å². The zero-order valence-electron chi connectivity index (χ0n) is 22.0. The molecule has 0 unspecified atom stereocenters. The third kappa shape index (κ3) is 4.70. The van der Waals surface area contributed by atoms with Crippen molar-refractivity contribution in [2.45, 2.75) is 58.5 Å². The number of alkyl halides is 2. The van der Waals surface area contributed by atoms with E-state index in [9.17, 15) is 13.6 Å². The van der Waals surface area contributed by atoms with Crippen molar-refractivity contribution in [3.8, 4) is 0 Å². The van der Waals surface area contributed by atoms with Crippen molar-refractivity contribution in [2.75, 3.05) is 6.61 Å². The first kappa shape index (κ1) is 27.6. The van der Waals surface area contributed by atoms with E-state index in [-0.39, 0.29) is 12.0 Å². The Morgan fingerprint density at radius 1 is 0.825 bits per heavy atom. The average Bonchev–Trinajstić information content (AvgIpc) is 2.95. The lowest BCUT2D eigenvalue weighted by Gasteiger charge is -2.56. The number of carbonyl (C=O) groups is 1. The number of carbonyl (C=O) groups excluding carboxylic acids is 1. The summed E-state index contributed by atoms with van der Waals surface area (Å²) in [6, 6.07) is 23.3. The molecular weight excluding hydrogens is 554 g/mol. The molecule has 5 nitrogen and oxygen atoms in total. The van der Waals surface area contributed by atoms with Crippen molar-refractivity contribution in [3.63, 3.8) is 0 Å². The van der Waals surface area contributed by atoms with E-state index < -0.39 is 36.9 Å². The van der Waals surface area contributed by atoms with Crippen LogP contribution in [0.2, 0.25) is 0 Å². The summed E-state index contributed by atoms with van der Waals surface area (Å²) in [6.07, 6.45) is 5.99. The topological polar surface area (TPSA) is 72.8 Å². The normalized spacial score (nSPS) is 26.8. The summed E-state index contributed by atoms with van der Waals surface area (Å²) in [4.78, 5) is 13.4. The molecule has 212 valence electrons. The van der Waals surface area contributed by atoms with Gasteiger partial charge in [0, 0.05) is 5.41 Å². The van der Waals surface area contributed by atoms with Gasteiger partial charge in [-0.2, -0.15) is 8.78 Å². The summed E-state index contributed by atoms with van der Waals surface area (Å²) in [6.45, 7) is -0.175. The number of halogens is 2. The molecule has 4 saturated carbocycles. The van der Waals surface area contributed by atoms with Gasteiger partial charge in [-0.05, 0) is 92.7 Å². The Morgan fingerprint density at radius 3 is 1.70 bits per heavy atom. The number of hydrogen-bond acceptors (Lipinski definition) is 4. The summed E-state index contributed by atoms with van der Waals surface area (Å²) in [7, 11) is -6.69. The van der Waals surface area contributed by atoms with E-state index in [1.165, 1.54) is 18.2 Å². The second-order valence-electron chi connectivity index (χ2n) is 11.6. The van der Waals surface area contributed by atoms with Gasteiger partial charge in [0.2, 0.25) is 20.8 Å². The van der Waals surface area contributed by atoms with Gasteiger partial charge in [0.15, 0.2) is 9.79 Å². The van der Waals surface area contributed by atoms with Gasteiger partial charge in [0.1, 0.15) is 0 Å². The van der Waals surface area contributed by atoms with E-state index >= 15 is 8.78 Å². The molecule has 7 rings (SSSR count). The summed E-state index contributed by atoms with van der Waals surface area (Å²) in [5.41, 5.74) is -0.335. The first-order valence-electron chi connectivity index (χ1n) is 13.6. The maximum absolute atomic E-state index is 16.4. The molecule has 0 aliphatic heterocycles. The van der Waals surface area contributed by atoms with E-state index in [2.05, 4.69) is 0 Å². The van der Waals surface area contributed by atoms with Gasteiger partial charge in [-0.3, -0.25) is 4.55 Å². The lowest BCUT2D eigenvalue weighted by molar-refractivity contribution is -0.172. The van der Waals surface area contributed by atoms with Gasteiger partial charge in [-0.15, -0.1) is 0 Å². The van der Waals surface area contributed by atoms with Crippen LogP contribution < -0.4 is 0 Å². The van der Waals surface area contributed by atoms with Crippen LogP contribution in [0.4, 0.5) is 8.78 Å². The van der Waals surface area contributed by atoms with Crippen LogP contribution in [-0.4, -0.2) is 26.6 Å². The lowest BCUT2D eigenvalue weighted by Crippen LogP contribution is -2.58. The van der Waals surface area contributed by atoms with Crippen LogP contribution in [-0.2, 0) is 34.0 Å². The molecular formula is C31H33F2O5S2+. The molecule has 0 amide bonds. The van der Waals surface area contributed by atoms with Gasteiger partial charge < -0.3 is 4.74 Å². The molecule has 3 aromatic rings. The highest BCUT2D eigenvalue weighted by Gasteiger charge is 2.72. The average molecular weight is 588 g/mol. The maximum atomic E-state index is 16.4. The number of rotatable bonds is 9. The van der Waals surface area contributed by atoms with Crippen molar-refractivity contribution >= 4 is 26.8 Å². The Labute approximate surface area is 236 Å². The fourth-order valence-electron chi connectivity index (χ4n) is 7.24. The predicted molar refractivity (Wildman–Crippen MR) is 150 cm³/mol. The Kier molecular flexibility index (Phi) is 6.93.